The van der Waals surface area contributed by atoms with Crippen LogP contribution in [0, 0.1) is 0 Å². The van der Waals surface area contributed by atoms with Crippen LogP contribution < -0.4 is 0 Å². The molecule has 0 unspecified atom stereocenters. The molecule has 0 N–H and O–H groups in total. The van der Waals surface area contributed by atoms with Gasteiger partial charge in [0.2, 0.25) is 0 Å². The number of esters is 1. The van der Waals surface area contributed by atoms with Gasteiger partial charge in [-0.05, 0) is 32.4 Å². The predicted octanol–water partition coefficient (Wildman–Crippen LogP) is 3.98. The van der Waals surface area contributed by atoms with Crippen molar-refractivity contribution < 1.29 is 14.3 Å². The van der Waals surface area contributed by atoms with Crippen molar-refractivity contribution in [2.45, 2.75) is 51.1 Å². The summed E-state index contributed by atoms with van der Waals surface area (Å²) in [6.07, 6.45) is 1.58. The standard InChI is InChI=1S/C17H22ClNO3S/c1-4-7-15-19(14(10-23-15)17(21)22-11(2)3)16(20)12-8-5-6-9-13(12)18/h5-6,8-9,11,14-15H,4,7,10H2,1-3H3/t14-,15+/m1/s1. The molecule has 1 aliphatic rings. The average molecular weight is 356 g/mol. The molecule has 0 bridgehead atoms. The number of halogens is 1. The maximum Gasteiger partial charge on any atom is 0.330 e. The number of hydrogen-bond acceptors (Lipinski definition) is 4. The topological polar surface area (TPSA) is 46.6 Å². The van der Waals surface area contributed by atoms with Crippen molar-refractivity contribution in [1.82, 2.24) is 4.90 Å². The molecule has 1 aromatic carbocycles. The zero-order valence-electron chi connectivity index (χ0n) is 13.6. The third kappa shape index (κ3) is 4.21. The predicted molar refractivity (Wildman–Crippen MR) is 93.8 cm³/mol. The summed E-state index contributed by atoms with van der Waals surface area (Å²) in [5.41, 5.74) is 0.431. The lowest BCUT2D eigenvalue weighted by molar-refractivity contribution is -0.151. The number of nitrogens with zero attached hydrogens (tertiary/aromatic N) is 1. The normalized spacial score (nSPS) is 20.8. The smallest absolute Gasteiger partial charge is 0.330 e. The molecule has 2 rings (SSSR count). The fourth-order valence-corrected chi connectivity index (χ4v) is 4.29. The Labute approximate surface area is 146 Å². The first-order valence-electron chi connectivity index (χ1n) is 7.85. The summed E-state index contributed by atoms with van der Waals surface area (Å²) in [7, 11) is 0. The summed E-state index contributed by atoms with van der Waals surface area (Å²) in [6, 6.07) is 6.39. The SMILES string of the molecule is CCC[C@@H]1SC[C@H](C(=O)OC(C)C)N1C(=O)c1ccccc1Cl. The van der Waals surface area contributed by atoms with E-state index in [9.17, 15) is 9.59 Å². The van der Waals surface area contributed by atoms with Crippen LogP contribution in [0.5, 0.6) is 0 Å². The van der Waals surface area contributed by atoms with Gasteiger partial charge < -0.3 is 9.64 Å². The summed E-state index contributed by atoms with van der Waals surface area (Å²) in [5, 5.41) is 0.383. The highest BCUT2D eigenvalue weighted by molar-refractivity contribution is 8.00. The van der Waals surface area contributed by atoms with Crippen LogP contribution in [0.1, 0.15) is 44.0 Å². The van der Waals surface area contributed by atoms with Crippen LogP contribution in [0.4, 0.5) is 0 Å². The number of benzene rings is 1. The quantitative estimate of drug-likeness (QED) is 0.749. The minimum Gasteiger partial charge on any atom is -0.461 e. The molecule has 126 valence electrons. The monoisotopic (exact) mass is 355 g/mol. The lowest BCUT2D eigenvalue weighted by Gasteiger charge is -2.29. The highest BCUT2D eigenvalue weighted by atomic mass is 35.5. The largest absolute Gasteiger partial charge is 0.461 e. The van der Waals surface area contributed by atoms with Crippen molar-refractivity contribution in [2.75, 3.05) is 5.75 Å². The summed E-state index contributed by atoms with van der Waals surface area (Å²) in [5.74, 6) is 0.0168. The van der Waals surface area contributed by atoms with Crippen LogP contribution in [0.3, 0.4) is 0 Å². The number of thioether (sulfide) groups is 1. The molecule has 0 aromatic heterocycles. The average Bonchev–Trinajstić information content (AvgIpc) is 2.90. The van der Waals surface area contributed by atoms with E-state index in [0.29, 0.717) is 16.3 Å². The highest BCUT2D eigenvalue weighted by Crippen LogP contribution is 2.35. The van der Waals surface area contributed by atoms with Crippen LogP contribution in [-0.2, 0) is 9.53 Å². The molecule has 1 saturated heterocycles. The Kier molecular flexibility index (Phi) is 6.36. The van der Waals surface area contributed by atoms with Crippen LogP contribution >= 0.6 is 23.4 Å². The fraction of sp³-hybridized carbons (Fsp3) is 0.529. The number of carbonyl (C=O) groups excluding carboxylic acids is 2. The molecule has 2 atom stereocenters. The maximum absolute atomic E-state index is 13.0. The lowest BCUT2D eigenvalue weighted by Crippen LogP contribution is -2.46. The van der Waals surface area contributed by atoms with Gasteiger partial charge in [0.25, 0.3) is 5.91 Å². The van der Waals surface area contributed by atoms with E-state index in [-0.39, 0.29) is 23.4 Å². The van der Waals surface area contributed by atoms with E-state index in [4.69, 9.17) is 16.3 Å². The fourth-order valence-electron chi connectivity index (χ4n) is 2.57. The van der Waals surface area contributed by atoms with E-state index < -0.39 is 6.04 Å². The number of ether oxygens (including phenoxy) is 1. The molecule has 1 fully saturated rings. The minimum atomic E-state index is -0.553. The third-order valence-electron chi connectivity index (χ3n) is 3.59. The van der Waals surface area contributed by atoms with E-state index in [2.05, 4.69) is 6.92 Å². The van der Waals surface area contributed by atoms with Gasteiger partial charge in [-0.2, -0.15) is 0 Å². The van der Waals surface area contributed by atoms with Gasteiger partial charge in [0.05, 0.1) is 22.1 Å². The van der Waals surface area contributed by atoms with Crippen molar-refractivity contribution in [3.63, 3.8) is 0 Å². The minimum absolute atomic E-state index is 0.0199. The van der Waals surface area contributed by atoms with E-state index in [1.54, 1.807) is 40.9 Å². The Hall–Kier alpha value is -1.20. The molecular formula is C17H22ClNO3S. The molecule has 1 amide bonds. The Morgan fingerprint density at radius 1 is 1.39 bits per heavy atom. The Bertz CT molecular complexity index is 579. The maximum atomic E-state index is 13.0. The first-order chi connectivity index (χ1) is 11.0. The molecule has 4 nitrogen and oxygen atoms in total. The van der Waals surface area contributed by atoms with Gasteiger partial charge in [0.15, 0.2) is 0 Å². The number of hydrogen-bond donors (Lipinski definition) is 0. The van der Waals surface area contributed by atoms with E-state index in [0.717, 1.165) is 12.8 Å². The number of amides is 1. The van der Waals surface area contributed by atoms with Crippen molar-refractivity contribution in [1.29, 1.82) is 0 Å². The Morgan fingerprint density at radius 2 is 2.09 bits per heavy atom. The first kappa shape index (κ1) is 18.1. The lowest BCUT2D eigenvalue weighted by atomic mass is 10.1. The van der Waals surface area contributed by atoms with E-state index >= 15 is 0 Å². The number of rotatable bonds is 5. The summed E-state index contributed by atoms with van der Waals surface area (Å²) < 4.78 is 5.33. The third-order valence-corrected chi connectivity index (χ3v) is 5.28. The van der Waals surface area contributed by atoms with Gasteiger partial charge in [0, 0.05) is 5.75 Å². The summed E-state index contributed by atoms with van der Waals surface area (Å²) in [6.45, 7) is 5.69. The van der Waals surface area contributed by atoms with Gasteiger partial charge in [-0.25, -0.2) is 4.79 Å². The molecule has 0 saturated carbocycles. The van der Waals surface area contributed by atoms with Crippen LogP contribution in [0.15, 0.2) is 24.3 Å². The first-order valence-corrected chi connectivity index (χ1v) is 9.27. The molecule has 23 heavy (non-hydrogen) atoms. The molecule has 0 radical (unpaired) electrons. The van der Waals surface area contributed by atoms with E-state index in [1.165, 1.54) is 0 Å². The van der Waals surface area contributed by atoms with Crippen LogP contribution in [-0.4, -0.2) is 40.0 Å². The molecule has 1 aliphatic heterocycles. The van der Waals surface area contributed by atoms with Crippen LogP contribution in [0.2, 0.25) is 5.02 Å². The van der Waals surface area contributed by atoms with Crippen molar-refractivity contribution in [2.24, 2.45) is 0 Å². The molecule has 0 spiro atoms. The van der Waals surface area contributed by atoms with Gasteiger partial charge in [-0.15, -0.1) is 11.8 Å². The van der Waals surface area contributed by atoms with Gasteiger partial charge in [-0.1, -0.05) is 37.1 Å². The number of carbonyl (C=O) groups is 2. The second-order valence-corrected chi connectivity index (χ2v) is 7.39. The van der Waals surface area contributed by atoms with Gasteiger partial charge in [0.1, 0.15) is 6.04 Å². The highest BCUT2D eigenvalue weighted by Gasteiger charge is 2.42. The summed E-state index contributed by atoms with van der Waals surface area (Å²) >= 11 is 7.79. The Balaban J connectivity index is 2.29. The van der Waals surface area contributed by atoms with Crippen molar-refractivity contribution in [3.05, 3.63) is 34.9 Å². The second kappa shape index (κ2) is 8.06. The molecule has 0 aliphatic carbocycles. The summed E-state index contributed by atoms with van der Waals surface area (Å²) in [4.78, 5) is 27.0. The molecular weight excluding hydrogens is 334 g/mol. The molecule has 6 heteroatoms. The second-order valence-electron chi connectivity index (χ2n) is 5.77. The molecule has 1 heterocycles. The van der Waals surface area contributed by atoms with Crippen LogP contribution in [0.25, 0.3) is 0 Å². The van der Waals surface area contributed by atoms with Crippen molar-refractivity contribution in [3.8, 4) is 0 Å². The molecule has 1 aromatic rings. The van der Waals surface area contributed by atoms with Crippen molar-refractivity contribution >= 4 is 35.2 Å². The Morgan fingerprint density at radius 3 is 2.70 bits per heavy atom. The zero-order chi connectivity index (χ0) is 17.0. The van der Waals surface area contributed by atoms with Gasteiger partial charge in [-0.3, -0.25) is 4.79 Å². The zero-order valence-corrected chi connectivity index (χ0v) is 15.2. The van der Waals surface area contributed by atoms with E-state index in [1.807, 2.05) is 13.8 Å². The van der Waals surface area contributed by atoms with Gasteiger partial charge >= 0.3 is 5.97 Å².